The number of oxime groups is 1. The second-order valence-electron chi connectivity index (χ2n) is 13.3. The molecule has 6 atom stereocenters. The van der Waals surface area contributed by atoms with E-state index in [4.69, 9.17) is 30.6 Å². The molecular formula is C39H50ClFN2O8. The fourth-order valence-corrected chi connectivity index (χ4v) is 8.17. The summed E-state index contributed by atoms with van der Waals surface area (Å²) in [6.07, 6.45) is 7.85. The van der Waals surface area contributed by atoms with Crippen molar-refractivity contribution in [2.75, 3.05) is 38.9 Å². The number of benzene rings is 2. The number of rotatable bonds is 18. The van der Waals surface area contributed by atoms with Gasteiger partial charge in [-0.25, -0.2) is 9.18 Å². The molecule has 278 valence electrons. The van der Waals surface area contributed by atoms with E-state index in [0.29, 0.717) is 36.5 Å². The van der Waals surface area contributed by atoms with Gasteiger partial charge in [0.2, 0.25) is 5.79 Å². The number of carbonyl (C=O) groups is 1. The quantitative estimate of drug-likeness (QED) is 0.0644. The second kappa shape index (κ2) is 18.2. The van der Waals surface area contributed by atoms with E-state index in [-0.39, 0.29) is 68.8 Å². The smallest absolute Gasteiger partial charge is 0.410 e. The minimum Gasteiger partial charge on any atom is -0.508 e. The van der Waals surface area contributed by atoms with E-state index >= 15 is 0 Å². The van der Waals surface area contributed by atoms with Gasteiger partial charge in [-0.3, -0.25) is 4.90 Å². The third-order valence-electron chi connectivity index (χ3n) is 10.1. The summed E-state index contributed by atoms with van der Waals surface area (Å²) in [6.45, 7) is 6.37. The third kappa shape index (κ3) is 8.54. The van der Waals surface area contributed by atoms with Crippen LogP contribution < -0.4 is 4.74 Å². The van der Waals surface area contributed by atoms with E-state index in [1.54, 1.807) is 41.3 Å². The molecule has 12 heteroatoms. The highest BCUT2D eigenvalue weighted by Gasteiger charge is 2.65. The van der Waals surface area contributed by atoms with Crippen molar-refractivity contribution in [3.8, 4) is 11.5 Å². The minimum atomic E-state index is -1.49. The number of nitrogens with zero attached hydrogens (tertiary/aromatic N) is 2. The molecule has 10 nitrogen and oxygen atoms in total. The lowest BCUT2D eigenvalue weighted by Crippen LogP contribution is -2.70. The van der Waals surface area contributed by atoms with Gasteiger partial charge in [0.1, 0.15) is 36.6 Å². The van der Waals surface area contributed by atoms with Crippen molar-refractivity contribution in [1.82, 2.24) is 4.90 Å². The van der Waals surface area contributed by atoms with Crippen LogP contribution in [0.4, 0.5) is 9.18 Å². The van der Waals surface area contributed by atoms with Gasteiger partial charge in [0.05, 0.1) is 24.1 Å². The van der Waals surface area contributed by atoms with Crippen LogP contribution in [0.5, 0.6) is 11.5 Å². The zero-order valence-corrected chi connectivity index (χ0v) is 30.0. The van der Waals surface area contributed by atoms with E-state index in [0.717, 1.165) is 36.8 Å². The van der Waals surface area contributed by atoms with Crippen LogP contribution in [-0.2, 0) is 20.9 Å². The van der Waals surface area contributed by atoms with Crippen LogP contribution in [0.2, 0.25) is 0 Å². The highest BCUT2D eigenvalue weighted by atomic mass is 35.5. The molecule has 6 unspecified atom stereocenters. The molecule has 2 aromatic rings. The van der Waals surface area contributed by atoms with E-state index in [9.17, 15) is 24.5 Å². The number of hydrogen-bond donors (Lipinski definition) is 3. The number of fused-ring (bicyclic) bond motifs is 2. The van der Waals surface area contributed by atoms with Crippen molar-refractivity contribution in [3.05, 3.63) is 83.7 Å². The Morgan fingerprint density at radius 1 is 1.14 bits per heavy atom. The molecule has 1 amide bonds. The zero-order chi connectivity index (χ0) is 36.4. The average molecular weight is 729 g/mol. The van der Waals surface area contributed by atoms with Crippen molar-refractivity contribution >= 4 is 23.4 Å². The standard InChI is InChI=1S/C39H50ClFN2O8/c1-3-20-49-39-35(43(38(47)48-21-17-40)25-26-11-13-28(41)14-12-26)24-33(42-50-4-2)31-22-27(9-5-7-18-44)30(10-6-8-19-45)36(37(31)39)32-23-29(46)15-16-34(32)51-39/h3,11-16,22-23,27,30,35-37,44-46H,1,4-10,17-21,24-25H2,2H3. The molecule has 0 bridgehead atoms. The fourth-order valence-electron chi connectivity index (χ4n) is 8.10. The summed E-state index contributed by atoms with van der Waals surface area (Å²) in [4.78, 5) is 21.4. The third-order valence-corrected chi connectivity index (χ3v) is 10.3. The van der Waals surface area contributed by atoms with Gasteiger partial charge in [-0.15, -0.1) is 18.2 Å². The van der Waals surface area contributed by atoms with E-state index in [1.807, 2.05) is 6.92 Å². The normalized spacial score (nSPS) is 25.6. The first-order valence-corrected chi connectivity index (χ1v) is 18.5. The number of phenols is 1. The number of hydrogen-bond acceptors (Lipinski definition) is 9. The summed E-state index contributed by atoms with van der Waals surface area (Å²) in [6, 6.07) is 10.2. The lowest BCUT2D eigenvalue weighted by Gasteiger charge is -2.59. The topological polar surface area (TPSA) is 130 Å². The molecule has 0 saturated heterocycles. The van der Waals surface area contributed by atoms with Crippen LogP contribution in [0.1, 0.15) is 68.9 Å². The van der Waals surface area contributed by atoms with Crippen molar-refractivity contribution in [3.63, 3.8) is 0 Å². The van der Waals surface area contributed by atoms with Gasteiger partial charge in [0.25, 0.3) is 0 Å². The lowest BCUT2D eigenvalue weighted by atomic mass is 9.55. The molecule has 0 spiro atoms. The number of alkyl halides is 1. The SMILES string of the molecule is C=CCOC12Oc3ccc(O)cc3C3C(CCCCO)C(CCCCO)C=C(C(=NOCC)CC1N(Cc1ccc(F)cc1)C(=O)OCCCl)C32. The van der Waals surface area contributed by atoms with E-state index in [1.165, 1.54) is 12.1 Å². The predicted molar refractivity (Wildman–Crippen MR) is 192 cm³/mol. The predicted octanol–water partition coefficient (Wildman–Crippen LogP) is 7.06. The summed E-state index contributed by atoms with van der Waals surface area (Å²) in [5.41, 5.74) is 2.99. The number of unbranched alkanes of at least 4 members (excludes halogenated alkanes) is 2. The Labute approximate surface area is 304 Å². The molecule has 1 aliphatic heterocycles. The van der Waals surface area contributed by atoms with Gasteiger partial charge < -0.3 is 34.4 Å². The van der Waals surface area contributed by atoms with Gasteiger partial charge in [0.15, 0.2) is 0 Å². The van der Waals surface area contributed by atoms with E-state index < -0.39 is 29.7 Å². The monoisotopic (exact) mass is 728 g/mol. The Hall–Kier alpha value is -3.64. The number of aliphatic hydroxyl groups is 2. The van der Waals surface area contributed by atoms with Crippen molar-refractivity contribution in [1.29, 1.82) is 0 Å². The number of ether oxygens (including phenoxy) is 3. The first kappa shape index (κ1) is 38.6. The first-order chi connectivity index (χ1) is 24.8. The molecule has 0 radical (unpaired) electrons. The maximum absolute atomic E-state index is 14.1. The first-order valence-electron chi connectivity index (χ1n) is 17.9. The Morgan fingerprint density at radius 2 is 1.88 bits per heavy atom. The average Bonchev–Trinajstić information content (AvgIpc) is 3.13. The van der Waals surface area contributed by atoms with Crippen molar-refractivity contribution in [2.24, 2.45) is 22.9 Å². The van der Waals surface area contributed by atoms with E-state index in [2.05, 4.69) is 17.8 Å². The van der Waals surface area contributed by atoms with Crippen LogP contribution in [0.3, 0.4) is 0 Å². The highest BCUT2D eigenvalue weighted by molar-refractivity contribution is 6.18. The van der Waals surface area contributed by atoms with Gasteiger partial charge in [0, 0.05) is 37.7 Å². The number of phenolic OH excluding ortho intramolecular Hbond substituents is 1. The van der Waals surface area contributed by atoms with Crippen LogP contribution in [0.25, 0.3) is 0 Å². The molecule has 3 N–H and O–H groups in total. The summed E-state index contributed by atoms with van der Waals surface area (Å²) in [7, 11) is 0. The number of halogens is 2. The lowest BCUT2D eigenvalue weighted by molar-refractivity contribution is -0.256. The van der Waals surface area contributed by atoms with Crippen LogP contribution in [-0.4, -0.2) is 82.8 Å². The maximum Gasteiger partial charge on any atom is 0.410 e. The molecule has 0 aromatic heterocycles. The number of aliphatic hydroxyl groups excluding tert-OH is 2. The molecule has 1 fully saturated rings. The molecule has 2 aromatic carbocycles. The Bertz CT molecular complexity index is 1540. The molecule has 2 aliphatic carbocycles. The van der Waals surface area contributed by atoms with Gasteiger partial charge in [-0.1, -0.05) is 42.3 Å². The minimum absolute atomic E-state index is 0.0148. The summed E-state index contributed by atoms with van der Waals surface area (Å²) >= 11 is 5.97. The Balaban J connectivity index is 1.77. The maximum atomic E-state index is 14.1. The van der Waals surface area contributed by atoms with Crippen LogP contribution in [0.15, 0.2) is 71.9 Å². The zero-order valence-electron chi connectivity index (χ0n) is 29.2. The van der Waals surface area contributed by atoms with Crippen LogP contribution >= 0.6 is 11.6 Å². The van der Waals surface area contributed by atoms with Crippen molar-refractivity contribution < 1.29 is 43.6 Å². The fraction of sp³-hybridized carbons (Fsp3) is 0.538. The number of aromatic hydroxyl groups is 1. The molecule has 1 heterocycles. The Morgan fingerprint density at radius 3 is 2.57 bits per heavy atom. The number of carbonyl (C=O) groups excluding carboxylic acids is 1. The number of allylic oxidation sites excluding steroid dienone is 1. The van der Waals surface area contributed by atoms with Gasteiger partial charge in [-0.05, 0) is 85.9 Å². The molecule has 3 aliphatic rings. The summed E-state index contributed by atoms with van der Waals surface area (Å²) in [5, 5.41) is 34.9. The summed E-state index contributed by atoms with van der Waals surface area (Å²) < 4.78 is 33.6. The van der Waals surface area contributed by atoms with Crippen LogP contribution in [0, 0.1) is 23.6 Å². The van der Waals surface area contributed by atoms with Gasteiger partial charge >= 0.3 is 6.09 Å². The molecule has 51 heavy (non-hydrogen) atoms. The van der Waals surface area contributed by atoms with Gasteiger partial charge in [-0.2, -0.15) is 0 Å². The second-order valence-corrected chi connectivity index (χ2v) is 13.6. The molecule has 1 saturated carbocycles. The molecular weight excluding hydrogens is 679 g/mol. The highest BCUT2D eigenvalue weighted by Crippen LogP contribution is 2.62. The number of amides is 1. The summed E-state index contributed by atoms with van der Waals surface area (Å²) in [5.74, 6) is -1.92. The van der Waals surface area contributed by atoms with Crippen molar-refractivity contribution in [2.45, 2.75) is 76.2 Å². The Kier molecular flexibility index (Phi) is 13.8. The molecule has 5 rings (SSSR count). The largest absolute Gasteiger partial charge is 0.508 e.